The fraction of sp³-hybridized carbons (Fsp3) is 0.231. The molecule has 0 radical (unpaired) electrons. The maximum Gasteiger partial charge on any atom is 0.236 e. The van der Waals surface area contributed by atoms with Crippen molar-refractivity contribution in [1.82, 2.24) is 5.32 Å². The number of thiocarbonyl (C=S) groups is 1. The van der Waals surface area contributed by atoms with Gasteiger partial charge in [-0.3, -0.25) is 9.69 Å². The van der Waals surface area contributed by atoms with Gasteiger partial charge in [-0.2, -0.15) is 0 Å². The lowest BCUT2D eigenvalue weighted by Gasteiger charge is -2.56. The molecule has 3 aromatic rings. The van der Waals surface area contributed by atoms with E-state index in [0.717, 1.165) is 33.8 Å². The van der Waals surface area contributed by atoms with Crippen molar-refractivity contribution < 1.29 is 9.53 Å². The molecule has 0 aromatic heterocycles. The number of ether oxygens (including phenoxy) is 1. The SMILES string of the molecule is Cc1ccc(NC(=O)[C@H]2[C@H]3NC(=S)N(c4ccc(Cl)cc4)[C@@]2(C)Oc2ccccc23)c(C)c1. The Hall–Kier alpha value is -3.09. The molecule has 0 spiro atoms. The van der Waals surface area contributed by atoms with E-state index in [9.17, 15) is 4.79 Å². The fourth-order valence-corrected chi connectivity index (χ4v) is 5.41. The monoisotopic (exact) mass is 477 g/mol. The van der Waals surface area contributed by atoms with Crippen LogP contribution >= 0.6 is 23.8 Å². The van der Waals surface area contributed by atoms with Gasteiger partial charge in [-0.15, -0.1) is 0 Å². The van der Waals surface area contributed by atoms with Crippen LogP contribution in [0, 0.1) is 19.8 Å². The number of aryl methyl sites for hydroxylation is 2. The third-order valence-corrected chi connectivity index (χ3v) is 6.97. The number of para-hydroxylation sites is 1. The Morgan fingerprint density at radius 2 is 1.85 bits per heavy atom. The van der Waals surface area contributed by atoms with E-state index in [4.69, 9.17) is 28.6 Å². The van der Waals surface area contributed by atoms with Crippen molar-refractivity contribution in [2.24, 2.45) is 5.92 Å². The van der Waals surface area contributed by atoms with Crippen LogP contribution in [-0.4, -0.2) is 16.7 Å². The molecule has 0 unspecified atom stereocenters. The first-order chi connectivity index (χ1) is 15.8. The Kier molecular flexibility index (Phi) is 5.30. The molecule has 0 saturated carbocycles. The third kappa shape index (κ3) is 3.63. The van der Waals surface area contributed by atoms with Crippen molar-refractivity contribution in [2.75, 3.05) is 10.2 Å². The summed E-state index contributed by atoms with van der Waals surface area (Å²) in [6.07, 6.45) is 0. The molecule has 168 valence electrons. The lowest BCUT2D eigenvalue weighted by atomic mass is 9.78. The molecule has 1 amide bonds. The first-order valence-electron chi connectivity index (χ1n) is 10.8. The summed E-state index contributed by atoms with van der Waals surface area (Å²) in [5.74, 6) is 0.00271. The molecule has 1 saturated heterocycles. The van der Waals surface area contributed by atoms with E-state index in [-0.39, 0.29) is 11.9 Å². The summed E-state index contributed by atoms with van der Waals surface area (Å²) < 4.78 is 6.58. The zero-order chi connectivity index (χ0) is 23.3. The number of hydrogen-bond acceptors (Lipinski definition) is 3. The maximum atomic E-state index is 13.8. The lowest BCUT2D eigenvalue weighted by molar-refractivity contribution is -0.130. The Bertz CT molecular complexity index is 1260. The molecular weight excluding hydrogens is 454 g/mol. The van der Waals surface area contributed by atoms with Gasteiger partial charge in [0.25, 0.3) is 0 Å². The minimum atomic E-state index is -1.06. The van der Waals surface area contributed by atoms with Crippen molar-refractivity contribution in [3.63, 3.8) is 0 Å². The molecule has 33 heavy (non-hydrogen) atoms. The van der Waals surface area contributed by atoms with Crippen LogP contribution in [0.5, 0.6) is 5.75 Å². The normalized spacial score (nSPS) is 23.3. The van der Waals surface area contributed by atoms with E-state index in [1.54, 1.807) is 12.1 Å². The quantitative estimate of drug-likeness (QED) is 0.470. The van der Waals surface area contributed by atoms with Crippen molar-refractivity contribution in [3.05, 3.63) is 88.4 Å². The van der Waals surface area contributed by atoms with Crippen LogP contribution in [0.2, 0.25) is 5.02 Å². The summed E-state index contributed by atoms with van der Waals surface area (Å²) in [6.45, 7) is 5.94. The van der Waals surface area contributed by atoms with Gasteiger partial charge >= 0.3 is 0 Å². The summed E-state index contributed by atoms with van der Waals surface area (Å²) >= 11 is 11.9. The molecule has 0 aliphatic carbocycles. The second-order valence-electron chi connectivity index (χ2n) is 8.72. The van der Waals surface area contributed by atoms with Gasteiger partial charge in [-0.05, 0) is 75.0 Å². The highest BCUT2D eigenvalue weighted by molar-refractivity contribution is 7.80. The van der Waals surface area contributed by atoms with Crippen LogP contribution in [0.3, 0.4) is 0 Å². The summed E-state index contributed by atoms with van der Waals surface area (Å²) in [6, 6.07) is 20.8. The zero-order valence-electron chi connectivity index (χ0n) is 18.6. The molecule has 2 N–H and O–H groups in total. The smallest absolute Gasteiger partial charge is 0.236 e. The number of nitrogens with one attached hydrogen (secondary N) is 2. The van der Waals surface area contributed by atoms with Crippen LogP contribution < -0.4 is 20.3 Å². The second kappa shape index (κ2) is 8.04. The molecule has 2 heterocycles. The molecule has 5 nitrogen and oxygen atoms in total. The van der Waals surface area contributed by atoms with Gasteiger partial charge in [0.2, 0.25) is 5.91 Å². The summed E-state index contributed by atoms with van der Waals surface area (Å²) in [5.41, 5.74) is 3.58. The predicted octanol–water partition coefficient (Wildman–Crippen LogP) is 5.76. The number of carbonyl (C=O) groups is 1. The first kappa shape index (κ1) is 21.7. The molecule has 1 fully saturated rings. The highest BCUT2D eigenvalue weighted by Gasteiger charge is 2.59. The number of fused-ring (bicyclic) bond motifs is 4. The van der Waals surface area contributed by atoms with Gasteiger partial charge in [0.15, 0.2) is 10.8 Å². The largest absolute Gasteiger partial charge is 0.467 e. The average molecular weight is 478 g/mol. The number of anilines is 2. The van der Waals surface area contributed by atoms with E-state index in [1.165, 1.54) is 0 Å². The second-order valence-corrected chi connectivity index (χ2v) is 9.54. The number of amides is 1. The van der Waals surface area contributed by atoms with E-state index in [2.05, 4.69) is 16.7 Å². The Balaban J connectivity index is 1.61. The molecular formula is C26H24ClN3O2S. The number of rotatable bonds is 3. The summed E-state index contributed by atoms with van der Waals surface area (Å²) in [4.78, 5) is 15.7. The average Bonchev–Trinajstić information content (AvgIpc) is 2.76. The highest BCUT2D eigenvalue weighted by Crippen LogP contribution is 2.49. The fourth-order valence-electron chi connectivity index (χ4n) is 4.87. The van der Waals surface area contributed by atoms with E-state index >= 15 is 0 Å². The van der Waals surface area contributed by atoms with Crippen molar-refractivity contribution in [3.8, 4) is 5.75 Å². The topological polar surface area (TPSA) is 53.6 Å². The molecule has 2 bridgehead atoms. The van der Waals surface area contributed by atoms with E-state index < -0.39 is 11.6 Å². The molecule has 5 rings (SSSR count). The summed E-state index contributed by atoms with van der Waals surface area (Å²) in [5, 5.41) is 7.67. The van der Waals surface area contributed by atoms with Gasteiger partial charge in [-0.25, -0.2) is 0 Å². The van der Waals surface area contributed by atoms with Crippen LogP contribution in [-0.2, 0) is 4.79 Å². The summed E-state index contributed by atoms with van der Waals surface area (Å²) in [7, 11) is 0. The third-order valence-electron chi connectivity index (χ3n) is 6.41. The van der Waals surface area contributed by atoms with Crippen LogP contribution in [0.25, 0.3) is 0 Å². The number of nitrogens with zero attached hydrogens (tertiary/aromatic N) is 1. The molecule has 3 atom stereocenters. The van der Waals surface area contributed by atoms with Crippen molar-refractivity contribution >= 4 is 46.2 Å². The number of halogens is 1. The van der Waals surface area contributed by atoms with E-state index in [0.29, 0.717) is 10.1 Å². The van der Waals surface area contributed by atoms with Gasteiger partial charge in [0, 0.05) is 22.0 Å². The molecule has 3 aromatic carbocycles. The standard InChI is InChI=1S/C26H24ClN3O2S/c1-15-8-13-20(16(2)14-15)28-24(31)22-23-19-6-4-5-7-21(19)32-26(22,3)30(25(33)29-23)18-11-9-17(27)10-12-18/h4-14,22-23H,1-3H3,(H,28,31)(H,29,33)/t22-,23+,26+/m1/s1. The van der Waals surface area contributed by atoms with Crippen LogP contribution in [0.1, 0.15) is 29.7 Å². The molecule has 7 heteroatoms. The van der Waals surface area contributed by atoms with Gasteiger partial charge in [0.1, 0.15) is 11.7 Å². The number of hydrogen-bond donors (Lipinski definition) is 2. The van der Waals surface area contributed by atoms with Crippen molar-refractivity contribution in [2.45, 2.75) is 32.5 Å². The highest BCUT2D eigenvalue weighted by atomic mass is 35.5. The molecule has 2 aliphatic heterocycles. The van der Waals surface area contributed by atoms with Crippen LogP contribution in [0.15, 0.2) is 66.7 Å². The zero-order valence-corrected chi connectivity index (χ0v) is 20.1. The lowest BCUT2D eigenvalue weighted by Crippen LogP contribution is -2.72. The number of carbonyl (C=O) groups excluding carboxylic acids is 1. The Morgan fingerprint density at radius 3 is 2.58 bits per heavy atom. The van der Waals surface area contributed by atoms with E-state index in [1.807, 2.05) is 74.2 Å². The number of benzene rings is 3. The van der Waals surface area contributed by atoms with Crippen LogP contribution in [0.4, 0.5) is 11.4 Å². The predicted molar refractivity (Wildman–Crippen MR) is 136 cm³/mol. The maximum absolute atomic E-state index is 13.8. The van der Waals surface area contributed by atoms with Gasteiger partial charge in [0.05, 0.1) is 6.04 Å². The minimum Gasteiger partial charge on any atom is -0.467 e. The Labute approximate surface area is 203 Å². The van der Waals surface area contributed by atoms with Crippen molar-refractivity contribution in [1.29, 1.82) is 0 Å². The molecule has 2 aliphatic rings. The van der Waals surface area contributed by atoms with Gasteiger partial charge in [-0.1, -0.05) is 47.5 Å². The van der Waals surface area contributed by atoms with Gasteiger partial charge < -0.3 is 15.4 Å². The Morgan fingerprint density at radius 1 is 1.12 bits per heavy atom. The first-order valence-corrected chi connectivity index (χ1v) is 11.6. The minimum absolute atomic E-state index is 0.141.